The van der Waals surface area contributed by atoms with Crippen molar-refractivity contribution in [2.75, 3.05) is 19.8 Å². The Morgan fingerprint density at radius 3 is 2.46 bits per heavy atom. The van der Waals surface area contributed by atoms with Crippen molar-refractivity contribution >= 4 is 29.4 Å². The van der Waals surface area contributed by atoms with E-state index in [4.69, 9.17) is 19.3 Å². The Morgan fingerprint density at radius 2 is 1.87 bits per heavy atom. The summed E-state index contributed by atoms with van der Waals surface area (Å²) >= 11 is 0. The monoisotopic (exact) mass is 619 g/mol. The molecule has 0 bridgehead atoms. The van der Waals surface area contributed by atoms with Crippen LogP contribution in [0.25, 0.3) is 0 Å². The number of phosphoric ester groups is 1. The van der Waals surface area contributed by atoms with Gasteiger partial charge < -0.3 is 34.4 Å². The first-order valence-corrected chi connectivity index (χ1v) is 15.5. The normalized spacial score (nSPS) is 22.5. The Morgan fingerprint density at radius 1 is 1.21 bits per heavy atom. The standard InChI is InChI=1S/C18H28N3O15P3/c1-11(2)9-32-14-7-16(21-8-13(17(23)20-18(21)24)5-4-6-19-12(3)22)34-15(14)10-33-38(28,29)36-39(30,31)35-37(25,26)27/h8,11,14-16H,6-7,9-10H2,1-3H3,(H,19,22)(H,28,29)(H,30,31)(H,20,23,24)(H2,25,26,27)/t14?,15-,16-/m1/s1. The van der Waals surface area contributed by atoms with Crippen molar-refractivity contribution in [1.29, 1.82) is 0 Å². The first-order chi connectivity index (χ1) is 17.9. The van der Waals surface area contributed by atoms with Crippen LogP contribution in [0.5, 0.6) is 0 Å². The first kappa shape index (κ1) is 33.2. The average Bonchev–Trinajstić information content (AvgIpc) is 3.15. The van der Waals surface area contributed by atoms with Crippen molar-refractivity contribution in [2.45, 2.75) is 45.6 Å². The minimum atomic E-state index is -5.72. The van der Waals surface area contributed by atoms with Gasteiger partial charge in [0.05, 0.1) is 19.3 Å². The van der Waals surface area contributed by atoms with Crippen LogP contribution in [0.3, 0.4) is 0 Å². The molecule has 220 valence electrons. The molecular formula is C18H28N3O15P3. The van der Waals surface area contributed by atoms with Crippen LogP contribution in [0.1, 0.15) is 39.0 Å². The summed E-state index contributed by atoms with van der Waals surface area (Å²) < 4.78 is 58.9. The van der Waals surface area contributed by atoms with Gasteiger partial charge in [-0.25, -0.2) is 18.5 Å². The van der Waals surface area contributed by atoms with E-state index in [1.165, 1.54) is 6.92 Å². The van der Waals surface area contributed by atoms with Gasteiger partial charge in [-0.05, 0) is 5.92 Å². The summed E-state index contributed by atoms with van der Waals surface area (Å²) in [6.45, 7) is 4.31. The van der Waals surface area contributed by atoms with E-state index in [2.05, 4.69) is 35.3 Å². The van der Waals surface area contributed by atoms with E-state index in [0.29, 0.717) is 0 Å². The Kier molecular flexibility index (Phi) is 11.6. The van der Waals surface area contributed by atoms with E-state index in [1.54, 1.807) is 0 Å². The fraction of sp³-hybridized carbons (Fsp3) is 0.611. The molecule has 0 aliphatic carbocycles. The molecule has 2 heterocycles. The Balaban J connectivity index is 2.23. The summed E-state index contributed by atoms with van der Waals surface area (Å²) in [6, 6.07) is 0. The van der Waals surface area contributed by atoms with Gasteiger partial charge in [-0.3, -0.25) is 23.7 Å². The molecule has 6 N–H and O–H groups in total. The molecule has 18 nitrogen and oxygen atoms in total. The summed E-state index contributed by atoms with van der Waals surface area (Å²) in [4.78, 5) is 74.0. The summed E-state index contributed by atoms with van der Waals surface area (Å²) in [7, 11) is -16.7. The number of rotatable bonds is 12. The SMILES string of the molecule is CC(=O)NCC#Cc1cn([C@H]2CC(OCC(C)C)[C@@H](COP(=O)(O)OP(=O)(O)OP(=O)(O)O)O2)c(=O)[nH]c1=O. The molecule has 1 aromatic rings. The molecule has 0 aromatic carbocycles. The second-order valence-corrected chi connectivity index (χ2v) is 12.9. The van der Waals surface area contributed by atoms with Crippen molar-refractivity contribution in [1.82, 2.24) is 14.9 Å². The number of amides is 1. The molecule has 1 aromatic heterocycles. The maximum atomic E-state index is 12.5. The number of aromatic amines is 1. The largest absolute Gasteiger partial charge is 0.490 e. The Bertz CT molecular complexity index is 1360. The average molecular weight is 619 g/mol. The third-order valence-electron chi connectivity index (χ3n) is 4.57. The van der Waals surface area contributed by atoms with E-state index < -0.39 is 59.8 Å². The van der Waals surface area contributed by atoms with E-state index >= 15 is 0 Å². The van der Waals surface area contributed by atoms with Gasteiger partial charge in [0.2, 0.25) is 5.91 Å². The Labute approximate surface area is 221 Å². The summed E-state index contributed by atoms with van der Waals surface area (Å²) in [5.41, 5.74) is -1.78. The molecule has 1 amide bonds. The third kappa shape index (κ3) is 11.6. The quantitative estimate of drug-likeness (QED) is 0.130. The molecule has 39 heavy (non-hydrogen) atoms. The number of phosphoric acid groups is 3. The van der Waals surface area contributed by atoms with Crippen LogP contribution < -0.4 is 16.6 Å². The number of nitrogens with one attached hydrogen (secondary N) is 2. The first-order valence-electron chi connectivity index (χ1n) is 11.0. The van der Waals surface area contributed by atoms with E-state index in [9.17, 15) is 37.9 Å². The number of carbonyl (C=O) groups excluding carboxylic acids is 1. The molecular weight excluding hydrogens is 591 g/mol. The highest BCUT2D eigenvalue weighted by molar-refractivity contribution is 7.66. The molecule has 3 unspecified atom stereocenters. The zero-order valence-electron chi connectivity index (χ0n) is 20.8. The highest BCUT2D eigenvalue weighted by Crippen LogP contribution is 2.66. The highest BCUT2D eigenvalue weighted by atomic mass is 31.3. The van der Waals surface area contributed by atoms with Gasteiger partial charge >= 0.3 is 29.2 Å². The number of ether oxygens (including phenoxy) is 2. The second-order valence-electron chi connectivity index (χ2n) is 8.44. The van der Waals surface area contributed by atoms with Crippen LogP contribution >= 0.6 is 23.5 Å². The highest BCUT2D eigenvalue weighted by Gasteiger charge is 2.43. The fourth-order valence-electron chi connectivity index (χ4n) is 3.08. The van der Waals surface area contributed by atoms with Crippen LogP contribution in [0.2, 0.25) is 0 Å². The molecule has 21 heteroatoms. The van der Waals surface area contributed by atoms with Gasteiger partial charge in [0.15, 0.2) is 0 Å². The second kappa shape index (κ2) is 13.6. The molecule has 0 spiro atoms. The fourth-order valence-corrected chi connectivity index (χ4v) is 6.11. The van der Waals surface area contributed by atoms with Gasteiger partial charge in [0.1, 0.15) is 17.9 Å². The van der Waals surface area contributed by atoms with E-state index in [-0.39, 0.29) is 37.0 Å². The number of hydrogen-bond donors (Lipinski definition) is 6. The lowest BCUT2D eigenvalue weighted by molar-refractivity contribution is -0.118. The van der Waals surface area contributed by atoms with Crippen LogP contribution in [0, 0.1) is 17.8 Å². The lowest BCUT2D eigenvalue weighted by atomic mass is 10.1. The summed E-state index contributed by atoms with van der Waals surface area (Å²) in [5, 5.41) is 2.42. The molecule has 1 aliphatic heterocycles. The predicted octanol–water partition coefficient (Wildman–Crippen LogP) is -0.304. The van der Waals surface area contributed by atoms with Crippen molar-refractivity contribution in [2.24, 2.45) is 5.92 Å². The number of hydrogen-bond acceptors (Lipinski definition) is 11. The van der Waals surface area contributed by atoms with Crippen LogP contribution in [-0.4, -0.2) is 67.0 Å². The number of carbonyl (C=O) groups is 1. The van der Waals surface area contributed by atoms with Crippen LogP contribution in [-0.2, 0) is 41.1 Å². The van der Waals surface area contributed by atoms with Crippen molar-refractivity contribution < 1.29 is 60.7 Å². The molecule has 0 saturated carbocycles. The number of H-pyrrole nitrogens is 1. The van der Waals surface area contributed by atoms with Gasteiger partial charge in [0, 0.05) is 26.1 Å². The zero-order valence-corrected chi connectivity index (χ0v) is 23.5. The van der Waals surface area contributed by atoms with E-state index in [0.717, 1.165) is 10.8 Å². The van der Waals surface area contributed by atoms with Crippen molar-refractivity contribution in [3.8, 4) is 11.8 Å². The summed E-state index contributed by atoms with van der Waals surface area (Å²) in [5.74, 6) is 4.78. The lowest BCUT2D eigenvalue weighted by Crippen LogP contribution is -2.33. The maximum absolute atomic E-state index is 12.5. The zero-order chi connectivity index (χ0) is 29.6. The van der Waals surface area contributed by atoms with Gasteiger partial charge in [-0.2, -0.15) is 8.62 Å². The lowest BCUT2D eigenvalue weighted by Gasteiger charge is -2.21. The van der Waals surface area contributed by atoms with E-state index in [1.807, 2.05) is 13.8 Å². The van der Waals surface area contributed by atoms with Gasteiger partial charge in [0.25, 0.3) is 5.56 Å². The number of aromatic nitrogens is 2. The van der Waals surface area contributed by atoms with Gasteiger partial charge in [-0.1, -0.05) is 25.7 Å². The molecule has 1 aliphatic rings. The van der Waals surface area contributed by atoms with Crippen molar-refractivity contribution in [3.05, 3.63) is 32.6 Å². The summed E-state index contributed by atoms with van der Waals surface area (Å²) in [6.07, 6.45) is -1.99. The smallest absolute Gasteiger partial charge is 0.375 e. The Hall–Kier alpha value is -1.96. The van der Waals surface area contributed by atoms with Crippen molar-refractivity contribution in [3.63, 3.8) is 0 Å². The minimum Gasteiger partial charge on any atom is -0.375 e. The topological polar surface area (TPSA) is 262 Å². The molecule has 2 rings (SSSR count). The molecule has 0 radical (unpaired) electrons. The number of nitrogens with zero attached hydrogens (tertiary/aromatic N) is 1. The maximum Gasteiger partial charge on any atom is 0.490 e. The molecule has 1 fully saturated rings. The van der Waals surface area contributed by atoms with Gasteiger partial charge in [-0.15, -0.1) is 0 Å². The van der Waals surface area contributed by atoms with Crippen LogP contribution in [0.4, 0.5) is 0 Å². The molecule has 5 atom stereocenters. The predicted molar refractivity (Wildman–Crippen MR) is 130 cm³/mol. The third-order valence-corrected chi connectivity index (χ3v) is 8.37. The minimum absolute atomic E-state index is 0.0120. The van der Waals surface area contributed by atoms with Crippen LogP contribution in [0.15, 0.2) is 15.8 Å². The molecule has 1 saturated heterocycles.